The highest BCUT2D eigenvalue weighted by Gasteiger charge is 2.29. The summed E-state index contributed by atoms with van der Waals surface area (Å²) in [4.78, 5) is 11.1. The molecule has 10 heteroatoms. The van der Waals surface area contributed by atoms with Crippen molar-refractivity contribution in [1.82, 2.24) is 0 Å². The lowest BCUT2D eigenvalue weighted by Gasteiger charge is -2.24. The molecule has 0 bridgehead atoms. The molecule has 0 fully saturated rings. The number of nitrogens with zero attached hydrogens (tertiary/aromatic N) is 1. The van der Waals surface area contributed by atoms with E-state index in [2.05, 4.69) is 0 Å². The average molecular weight is 448 g/mol. The minimum atomic E-state index is -4.24. The van der Waals surface area contributed by atoms with Crippen molar-refractivity contribution in [3.8, 4) is 0 Å². The van der Waals surface area contributed by atoms with Gasteiger partial charge in [-0.1, -0.05) is 46.4 Å². The fourth-order valence-corrected chi connectivity index (χ4v) is 4.75. The van der Waals surface area contributed by atoms with Crippen LogP contribution in [0.3, 0.4) is 0 Å². The van der Waals surface area contributed by atoms with E-state index in [0.717, 1.165) is 4.31 Å². The van der Waals surface area contributed by atoms with Crippen molar-refractivity contribution in [2.24, 2.45) is 0 Å². The fourth-order valence-electron chi connectivity index (χ4n) is 1.90. The topological polar surface area (TPSA) is 54.5 Å². The van der Waals surface area contributed by atoms with Gasteiger partial charge in [0.15, 0.2) is 0 Å². The summed E-state index contributed by atoms with van der Waals surface area (Å²) in [6, 6.07) is 8.05. The maximum Gasteiger partial charge on any atom is 0.266 e. The first kappa shape index (κ1) is 19.6. The number of carbonyl (C=O) groups excluding carboxylic acids is 1. The molecule has 0 saturated carbocycles. The van der Waals surface area contributed by atoms with E-state index in [4.69, 9.17) is 58.0 Å². The summed E-state index contributed by atoms with van der Waals surface area (Å²) in [5.74, 6) is 0. The van der Waals surface area contributed by atoms with Crippen LogP contribution in [0, 0.1) is 0 Å². The molecular formula is C14H8Cl5NO3S. The van der Waals surface area contributed by atoms with E-state index in [1.54, 1.807) is 0 Å². The molecule has 0 aromatic heterocycles. The van der Waals surface area contributed by atoms with Gasteiger partial charge in [0.25, 0.3) is 10.0 Å². The summed E-state index contributed by atoms with van der Waals surface area (Å²) in [6.07, 6.45) is 0. The van der Waals surface area contributed by atoms with Crippen molar-refractivity contribution < 1.29 is 13.2 Å². The predicted molar refractivity (Wildman–Crippen MR) is 98.3 cm³/mol. The Bertz CT molecular complexity index is 881. The Labute approximate surface area is 163 Å². The van der Waals surface area contributed by atoms with Gasteiger partial charge >= 0.3 is 0 Å². The molecule has 2 aromatic carbocycles. The van der Waals surface area contributed by atoms with Gasteiger partial charge in [0, 0.05) is 15.1 Å². The monoisotopic (exact) mass is 445 g/mol. The third-order valence-electron chi connectivity index (χ3n) is 2.86. The number of carbonyl (C=O) groups is 1. The lowest BCUT2D eigenvalue weighted by molar-refractivity contribution is -0.110. The van der Waals surface area contributed by atoms with Crippen LogP contribution in [-0.2, 0) is 14.8 Å². The van der Waals surface area contributed by atoms with Gasteiger partial charge in [-0.3, -0.25) is 9.10 Å². The highest BCUT2D eigenvalue weighted by atomic mass is 35.5. The molecule has 24 heavy (non-hydrogen) atoms. The van der Waals surface area contributed by atoms with Crippen molar-refractivity contribution >= 4 is 79.0 Å². The zero-order valence-electron chi connectivity index (χ0n) is 11.6. The Kier molecular flexibility index (Phi) is 6.29. The highest BCUT2D eigenvalue weighted by molar-refractivity contribution is 7.93. The number of hydrogen-bond donors (Lipinski definition) is 0. The van der Waals surface area contributed by atoms with Crippen molar-refractivity contribution in [1.29, 1.82) is 0 Å². The van der Waals surface area contributed by atoms with Gasteiger partial charge in [0.1, 0.15) is 11.4 Å². The van der Waals surface area contributed by atoms with Crippen LogP contribution in [0.15, 0.2) is 41.3 Å². The number of benzene rings is 2. The molecule has 0 aliphatic rings. The molecule has 0 atom stereocenters. The Hall–Kier alpha value is -0.690. The summed E-state index contributed by atoms with van der Waals surface area (Å²) in [5.41, 5.74) is 0.0672. The second-order valence-corrected chi connectivity index (χ2v) is 8.54. The Morgan fingerprint density at radius 1 is 0.917 bits per heavy atom. The molecule has 0 amide bonds. The highest BCUT2D eigenvalue weighted by Crippen LogP contribution is 2.33. The number of halogens is 5. The minimum absolute atomic E-state index is 0.0560. The molecule has 128 valence electrons. The smallest absolute Gasteiger partial charge is 0.266 e. The molecule has 0 N–H and O–H groups in total. The summed E-state index contributed by atoms with van der Waals surface area (Å²) >= 11 is 29.1. The van der Waals surface area contributed by atoms with Gasteiger partial charge in [-0.15, -0.1) is 0 Å². The Morgan fingerprint density at radius 3 is 2.04 bits per heavy atom. The van der Waals surface area contributed by atoms with Crippen LogP contribution < -0.4 is 4.31 Å². The van der Waals surface area contributed by atoms with E-state index in [-0.39, 0.29) is 30.7 Å². The average Bonchev–Trinajstić information content (AvgIpc) is 2.45. The summed E-state index contributed by atoms with van der Waals surface area (Å²) < 4.78 is 26.7. The standard InChI is InChI=1S/C14H8Cl5NO3S/c15-8-1-2-12(18)13(6-8)24(22,23)20(7-14(19)21)11-4-9(16)3-10(17)5-11/h1-6H,7H2. The number of hydrogen-bond acceptors (Lipinski definition) is 3. The normalized spacial score (nSPS) is 11.4. The molecule has 0 spiro atoms. The zero-order valence-corrected chi connectivity index (χ0v) is 16.2. The molecule has 4 nitrogen and oxygen atoms in total. The van der Waals surface area contributed by atoms with E-state index >= 15 is 0 Å². The molecule has 0 unspecified atom stereocenters. The van der Waals surface area contributed by atoms with Gasteiger partial charge in [-0.25, -0.2) is 8.42 Å². The van der Waals surface area contributed by atoms with Crippen LogP contribution in [0.5, 0.6) is 0 Å². The quantitative estimate of drug-likeness (QED) is 0.588. The van der Waals surface area contributed by atoms with Crippen LogP contribution in [0.2, 0.25) is 20.1 Å². The lowest BCUT2D eigenvalue weighted by Crippen LogP contribution is -2.34. The largest absolute Gasteiger partial charge is 0.279 e. The SMILES string of the molecule is O=C(Cl)CN(c1cc(Cl)cc(Cl)c1)S(=O)(=O)c1cc(Cl)ccc1Cl. The van der Waals surface area contributed by atoms with Crippen LogP contribution >= 0.6 is 58.0 Å². The molecule has 0 heterocycles. The molecule has 0 aliphatic carbocycles. The number of sulfonamides is 1. The minimum Gasteiger partial charge on any atom is -0.279 e. The third-order valence-corrected chi connectivity index (χ3v) is 5.91. The van der Waals surface area contributed by atoms with E-state index in [0.29, 0.717) is 0 Å². The number of anilines is 1. The van der Waals surface area contributed by atoms with Crippen LogP contribution in [-0.4, -0.2) is 20.2 Å². The summed E-state index contributed by atoms with van der Waals surface area (Å²) in [5, 5.41) is -0.402. The Balaban J connectivity index is 2.66. The summed E-state index contributed by atoms with van der Waals surface area (Å²) in [7, 11) is -4.24. The lowest BCUT2D eigenvalue weighted by atomic mass is 10.3. The first-order chi connectivity index (χ1) is 11.1. The van der Waals surface area contributed by atoms with Crippen molar-refractivity contribution in [2.75, 3.05) is 10.8 Å². The van der Waals surface area contributed by atoms with E-state index in [9.17, 15) is 13.2 Å². The number of rotatable bonds is 5. The van der Waals surface area contributed by atoms with E-state index in [1.807, 2.05) is 0 Å². The third kappa shape index (κ3) is 4.48. The Morgan fingerprint density at radius 2 is 1.50 bits per heavy atom. The van der Waals surface area contributed by atoms with Crippen molar-refractivity contribution in [3.63, 3.8) is 0 Å². The van der Waals surface area contributed by atoms with Crippen molar-refractivity contribution in [2.45, 2.75) is 4.90 Å². The van der Waals surface area contributed by atoms with Gasteiger partial charge in [0.2, 0.25) is 5.24 Å². The summed E-state index contributed by atoms with van der Waals surface area (Å²) in [6.45, 7) is -0.636. The van der Waals surface area contributed by atoms with Crippen molar-refractivity contribution in [3.05, 3.63) is 56.5 Å². The molecule has 2 aromatic rings. The van der Waals surface area contributed by atoms with Crippen LogP contribution in [0.4, 0.5) is 5.69 Å². The van der Waals surface area contributed by atoms with Crippen LogP contribution in [0.1, 0.15) is 0 Å². The van der Waals surface area contributed by atoms with E-state index in [1.165, 1.54) is 36.4 Å². The first-order valence-corrected chi connectivity index (χ1v) is 9.56. The maximum atomic E-state index is 12.9. The predicted octanol–water partition coefficient (Wildman–Crippen LogP) is 5.26. The first-order valence-electron chi connectivity index (χ1n) is 6.23. The van der Waals surface area contributed by atoms with Crippen LogP contribution in [0.25, 0.3) is 0 Å². The molecular weight excluding hydrogens is 439 g/mol. The molecule has 2 rings (SSSR count). The molecule has 0 radical (unpaired) electrons. The van der Waals surface area contributed by atoms with Gasteiger partial charge in [0.05, 0.1) is 10.7 Å². The second-order valence-electron chi connectivity index (χ2n) is 4.57. The van der Waals surface area contributed by atoms with E-state index < -0.39 is 21.8 Å². The van der Waals surface area contributed by atoms with Gasteiger partial charge < -0.3 is 0 Å². The maximum absolute atomic E-state index is 12.9. The molecule has 0 aliphatic heterocycles. The molecule has 0 saturated heterocycles. The van der Waals surface area contributed by atoms with Gasteiger partial charge in [-0.2, -0.15) is 0 Å². The van der Waals surface area contributed by atoms with Gasteiger partial charge in [-0.05, 0) is 48.0 Å². The fraction of sp³-hybridized carbons (Fsp3) is 0.0714. The second kappa shape index (κ2) is 7.68. The zero-order chi connectivity index (χ0) is 18.1.